The summed E-state index contributed by atoms with van der Waals surface area (Å²) in [7, 11) is 0. The van der Waals surface area contributed by atoms with Gasteiger partial charge in [0.1, 0.15) is 6.04 Å². The molecule has 5 fully saturated rings. The van der Waals surface area contributed by atoms with Crippen LogP contribution in [0.15, 0.2) is 0 Å². The number of fused-ring (bicyclic) bond motifs is 2. The summed E-state index contributed by atoms with van der Waals surface area (Å²) in [5.74, 6) is 0.216. The highest BCUT2D eigenvalue weighted by molar-refractivity contribution is 6.04. The zero-order chi connectivity index (χ0) is 23.3. The molecular weight excluding hydrogens is 418 g/mol. The highest BCUT2D eigenvalue weighted by Crippen LogP contribution is 2.56. The van der Waals surface area contributed by atoms with Gasteiger partial charge in [0.2, 0.25) is 23.6 Å². The fourth-order valence-corrected chi connectivity index (χ4v) is 6.91. The van der Waals surface area contributed by atoms with E-state index < -0.39 is 11.5 Å². The Kier molecular flexibility index (Phi) is 6.02. The number of hydrogen-bond donors (Lipinski definition) is 1. The van der Waals surface area contributed by atoms with Crippen molar-refractivity contribution in [2.75, 3.05) is 6.54 Å². The standard InChI is InChI=1S/C26H39N3O4/c1-16(2)21(27-20(30)15-17-7-4-3-5-8-17)24(32)28-14-11-19-22(28)26(12-6-13-26)25(33)29(19)23(31)18-9-10-18/h16-19,21-22H,3-15H2,1-2H3,(H,27,30)/t19-,21-,22-/m0/s1. The van der Waals surface area contributed by atoms with Crippen LogP contribution in [0.5, 0.6) is 0 Å². The maximum absolute atomic E-state index is 13.8. The van der Waals surface area contributed by atoms with Crippen molar-refractivity contribution < 1.29 is 19.2 Å². The van der Waals surface area contributed by atoms with E-state index in [0.717, 1.165) is 44.9 Å². The number of amides is 4. The average molecular weight is 458 g/mol. The molecule has 3 saturated carbocycles. The zero-order valence-electron chi connectivity index (χ0n) is 20.2. The molecule has 182 valence electrons. The molecule has 7 nitrogen and oxygen atoms in total. The molecule has 33 heavy (non-hydrogen) atoms. The van der Waals surface area contributed by atoms with E-state index in [1.54, 1.807) is 4.90 Å². The Hall–Kier alpha value is -1.92. The van der Waals surface area contributed by atoms with Crippen LogP contribution in [-0.4, -0.2) is 58.1 Å². The van der Waals surface area contributed by atoms with Gasteiger partial charge in [-0.3, -0.25) is 24.1 Å². The number of nitrogens with one attached hydrogen (secondary N) is 1. The maximum atomic E-state index is 13.8. The number of nitrogens with zero attached hydrogens (tertiary/aromatic N) is 2. The van der Waals surface area contributed by atoms with E-state index in [9.17, 15) is 19.2 Å². The Morgan fingerprint density at radius 1 is 1.00 bits per heavy atom. The van der Waals surface area contributed by atoms with Crippen LogP contribution < -0.4 is 5.32 Å². The van der Waals surface area contributed by atoms with E-state index in [2.05, 4.69) is 5.32 Å². The van der Waals surface area contributed by atoms with E-state index in [4.69, 9.17) is 0 Å². The van der Waals surface area contributed by atoms with Crippen molar-refractivity contribution in [1.29, 1.82) is 0 Å². The van der Waals surface area contributed by atoms with Crippen molar-refractivity contribution in [2.24, 2.45) is 23.2 Å². The van der Waals surface area contributed by atoms with Gasteiger partial charge in [0.25, 0.3) is 0 Å². The van der Waals surface area contributed by atoms with Crippen LogP contribution in [0, 0.1) is 23.2 Å². The predicted molar refractivity (Wildman–Crippen MR) is 123 cm³/mol. The molecule has 1 N–H and O–H groups in total. The molecule has 0 aromatic heterocycles. The minimum absolute atomic E-state index is 0.00272. The SMILES string of the molecule is CC(C)[C@H](NC(=O)CC1CCCCC1)C(=O)N1CC[C@H]2[C@H]1C1(CCC1)C(=O)N2C(=O)C1CC1. The summed E-state index contributed by atoms with van der Waals surface area (Å²) in [6.07, 6.45) is 11.2. The second-order valence-electron chi connectivity index (χ2n) is 11.6. The van der Waals surface area contributed by atoms with Gasteiger partial charge in [0, 0.05) is 18.9 Å². The quantitative estimate of drug-likeness (QED) is 0.621. The molecular formula is C26H39N3O4. The Morgan fingerprint density at radius 3 is 2.27 bits per heavy atom. The summed E-state index contributed by atoms with van der Waals surface area (Å²) >= 11 is 0. The lowest BCUT2D eigenvalue weighted by molar-refractivity contribution is -0.152. The maximum Gasteiger partial charge on any atom is 0.245 e. The van der Waals surface area contributed by atoms with Crippen molar-refractivity contribution in [2.45, 2.75) is 109 Å². The summed E-state index contributed by atoms with van der Waals surface area (Å²) in [6, 6.07) is -1.01. The van der Waals surface area contributed by atoms with Crippen molar-refractivity contribution in [3.63, 3.8) is 0 Å². The van der Waals surface area contributed by atoms with Gasteiger partial charge in [-0.05, 0) is 56.8 Å². The third kappa shape index (κ3) is 3.89. The van der Waals surface area contributed by atoms with Gasteiger partial charge in [-0.2, -0.15) is 0 Å². The Bertz CT molecular complexity index is 825. The minimum atomic E-state index is -0.588. The number of carbonyl (C=O) groups excluding carboxylic acids is 4. The number of carbonyl (C=O) groups is 4. The van der Waals surface area contributed by atoms with E-state index >= 15 is 0 Å². The summed E-state index contributed by atoms with van der Waals surface area (Å²) in [5.41, 5.74) is -0.588. The van der Waals surface area contributed by atoms with Crippen LogP contribution in [0.2, 0.25) is 0 Å². The van der Waals surface area contributed by atoms with Crippen LogP contribution in [0.4, 0.5) is 0 Å². The van der Waals surface area contributed by atoms with Gasteiger partial charge in [-0.25, -0.2) is 0 Å². The van der Waals surface area contributed by atoms with E-state index in [-0.39, 0.29) is 47.5 Å². The smallest absolute Gasteiger partial charge is 0.245 e. The monoisotopic (exact) mass is 457 g/mol. The first-order valence-corrected chi connectivity index (χ1v) is 13.3. The van der Waals surface area contributed by atoms with Crippen LogP contribution >= 0.6 is 0 Å². The molecule has 3 atom stereocenters. The molecule has 0 radical (unpaired) electrons. The lowest BCUT2D eigenvalue weighted by Gasteiger charge is -2.44. The Balaban J connectivity index is 1.32. The first-order valence-electron chi connectivity index (χ1n) is 13.3. The van der Waals surface area contributed by atoms with Crippen molar-refractivity contribution in [3.8, 4) is 0 Å². The normalized spacial score (nSPS) is 29.8. The van der Waals surface area contributed by atoms with Crippen LogP contribution in [0.25, 0.3) is 0 Å². The highest BCUT2D eigenvalue weighted by atomic mass is 16.2. The molecule has 1 spiro atoms. The molecule has 5 aliphatic rings. The summed E-state index contributed by atoms with van der Waals surface area (Å²) in [6.45, 7) is 4.50. The topological polar surface area (TPSA) is 86.8 Å². The molecule has 4 amide bonds. The summed E-state index contributed by atoms with van der Waals surface area (Å²) in [4.78, 5) is 56.5. The molecule has 3 aliphatic carbocycles. The van der Waals surface area contributed by atoms with E-state index in [0.29, 0.717) is 25.3 Å². The fraction of sp³-hybridized carbons (Fsp3) is 0.846. The number of rotatable bonds is 6. The van der Waals surface area contributed by atoms with Crippen LogP contribution in [-0.2, 0) is 19.2 Å². The molecule has 0 bridgehead atoms. The van der Waals surface area contributed by atoms with Gasteiger partial charge >= 0.3 is 0 Å². The zero-order valence-corrected chi connectivity index (χ0v) is 20.2. The van der Waals surface area contributed by atoms with Crippen molar-refractivity contribution in [3.05, 3.63) is 0 Å². The summed E-state index contributed by atoms with van der Waals surface area (Å²) < 4.78 is 0. The first-order chi connectivity index (χ1) is 15.8. The van der Waals surface area contributed by atoms with Gasteiger partial charge in [0.15, 0.2) is 0 Å². The van der Waals surface area contributed by atoms with Crippen molar-refractivity contribution >= 4 is 23.6 Å². The largest absolute Gasteiger partial charge is 0.344 e. The van der Waals surface area contributed by atoms with Gasteiger partial charge in [-0.1, -0.05) is 39.5 Å². The molecule has 7 heteroatoms. The number of hydrogen-bond acceptors (Lipinski definition) is 4. The van der Waals surface area contributed by atoms with Gasteiger partial charge < -0.3 is 10.2 Å². The molecule has 0 unspecified atom stereocenters. The lowest BCUT2D eigenvalue weighted by atomic mass is 9.64. The average Bonchev–Trinajstić information content (AvgIpc) is 3.47. The summed E-state index contributed by atoms with van der Waals surface area (Å²) in [5, 5.41) is 3.06. The Morgan fingerprint density at radius 2 is 1.70 bits per heavy atom. The second-order valence-corrected chi connectivity index (χ2v) is 11.6. The highest BCUT2D eigenvalue weighted by Gasteiger charge is 2.68. The molecule has 0 aromatic rings. The van der Waals surface area contributed by atoms with Crippen LogP contribution in [0.1, 0.15) is 90.9 Å². The van der Waals surface area contributed by atoms with Crippen molar-refractivity contribution in [1.82, 2.24) is 15.1 Å². The molecule has 0 aromatic carbocycles. The fourth-order valence-electron chi connectivity index (χ4n) is 6.91. The second kappa shape index (κ2) is 8.70. The predicted octanol–water partition coefficient (Wildman–Crippen LogP) is 3.02. The Labute approximate surface area is 197 Å². The molecule has 2 aliphatic heterocycles. The number of likely N-dealkylation sites (tertiary alicyclic amines) is 2. The minimum Gasteiger partial charge on any atom is -0.344 e. The van der Waals surface area contributed by atoms with Gasteiger partial charge in [-0.15, -0.1) is 0 Å². The molecule has 5 rings (SSSR count). The third-order valence-electron chi connectivity index (χ3n) is 9.05. The van der Waals surface area contributed by atoms with Gasteiger partial charge in [0.05, 0.1) is 17.5 Å². The molecule has 2 saturated heterocycles. The van der Waals surface area contributed by atoms with Crippen LogP contribution in [0.3, 0.4) is 0 Å². The lowest BCUT2D eigenvalue weighted by Crippen LogP contribution is -2.58. The third-order valence-corrected chi connectivity index (χ3v) is 9.05. The number of imide groups is 1. The van der Waals surface area contributed by atoms with E-state index in [1.165, 1.54) is 19.3 Å². The first kappa shape index (κ1) is 22.9. The van der Waals surface area contributed by atoms with E-state index in [1.807, 2.05) is 18.7 Å². The molecule has 2 heterocycles.